The molecule has 6 heteroatoms. The molecule has 3 N–H and O–H groups in total. The van der Waals surface area contributed by atoms with Crippen molar-refractivity contribution in [2.75, 3.05) is 18.6 Å². The third kappa shape index (κ3) is 4.79. The van der Waals surface area contributed by atoms with Crippen molar-refractivity contribution in [3.63, 3.8) is 0 Å². The molecular weight excluding hydrogens is 236 g/mol. The van der Waals surface area contributed by atoms with Gasteiger partial charge in [0, 0.05) is 31.9 Å². The number of nitrogens with zero attached hydrogens (tertiary/aromatic N) is 2. The molecule has 0 aromatic carbocycles. The zero-order valence-corrected chi connectivity index (χ0v) is 11.2. The first-order valence-corrected chi connectivity index (χ1v) is 7.03. The average Bonchev–Trinajstić information content (AvgIpc) is 2.72. The summed E-state index contributed by atoms with van der Waals surface area (Å²) < 4.78 is 1.81. The minimum atomic E-state index is -0.394. The van der Waals surface area contributed by atoms with Gasteiger partial charge >= 0.3 is 0 Å². The number of carbonyl (C=O) groups is 1. The van der Waals surface area contributed by atoms with Crippen molar-refractivity contribution in [3.8, 4) is 0 Å². The molecule has 1 atom stereocenters. The van der Waals surface area contributed by atoms with Gasteiger partial charge in [-0.15, -0.1) is 0 Å². The zero-order valence-electron chi connectivity index (χ0n) is 10.3. The minimum Gasteiger partial charge on any atom is -0.354 e. The summed E-state index contributed by atoms with van der Waals surface area (Å²) in [6, 6.07) is 1.55. The molecule has 1 aromatic heterocycles. The average molecular weight is 256 g/mol. The number of hydrogen-bond donors (Lipinski definition) is 2. The molecule has 0 spiro atoms. The molecule has 96 valence electrons. The van der Waals surface area contributed by atoms with Crippen molar-refractivity contribution >= 4 is 17.7 Å². The van der Waals surface area contributed by atoms with E-state index in [1.165, 1.54) is 0 Å². The molecule has 1 amide bonds. The predicted octanol–water partition coefficient (Wildman–Crippen LogP) is 0.159. The Kier molecular flexibility index (Phi) is 6.07. The second-order valence-corrected chi connectivity index (χ2v) is 4.86. The first kappa shape index (κ1) is 14.1. The van der Waals surface area contributed by atoms with E-state index in [9.17, 15) is 4.79 Å². The molecule has 1 aromatic rings. The Hall–Kier alpha value is -1.01. The van der Waals surface area contributed by atoms with Crippen LogP contribution in [0.15, 0.2) is 12.3 Å². The third-order valence-corrected chi connectivity index (χ3v) is 3.22. The fourth-order valence-corrected chi connectivity index (χ4v) is 1.96. The molecule has 0 fully saturated rings. The molecule has 0 aliphatic heterocycles. The molecule has 0 radical (unpaired) electrons. The monoisotopic (exact) mass is 256 g/mol. The Bertz CT molecular complexity index is 353. The van der Waals surface area contributed by atoms with E-state index in [4.69, 9.17) is 5.73 Å². The molecule has 0 bridgehead atoms. The summed E-state index contributed by atoms with van der Waals surface area (Å²) in [5.41, 5.74) is 6.85. The van der Waals surface area contributed by atoms with E-state index in [0.29, 0.717) is 6.54 Å². The first-order valence-electron chi connectivity index (χ1n) is 5.64. The van der Waals surface area contributed by atoms with Gasteiger partial charge in [-0.3, -0.25) is 9.48 Å². The fraction of sp³-hybridized carbons (Fsp3) is 0.636. The Morgan fingerprint density at radius 1 is 1.71 bits per heavy atom. The smallest absolute Gasteiger partial charge is 0.236 e. The van der Waals surface area contributed by atoms with Crippen LogP contribution < -0.4 is 11.1 Å². The lowest BCUT2D eigenvalue weighted by atomic mass is 10.2. The number of thioether (sulfide) groups is 1. The highest BCUT2D eigenvalue weighted by Crippen LogP contribution is 1.99. The van der Waals surface area contributed by atoms with E-state index in [0.717, 1.165) is 24.3 Å². The van der Waals surface area contributed by atoms with Crippen LogP contribution in [0.25, 0.3) is 0 Å². The number of amides is 1. The number of hydrogen-bond acceptors (Lipinski definition) is 4. The maximum absolute atomic E-state index is 11.6. The van der Waals surface area contributed by atoms with Crippen LogP contribution in [0.1, 0.15) is 12.1 Å². The summed E-state index contributed by atoms with van der Waals surface area (Å²) in [6.45, 7) is 0.603. The van der Waals surface area contributed by atoms with Gasteiger partial charge in [0.2, 0.25) is 5.91 Å². The maximum Gasteiger partial charge on any atom is 0.236 e. The second kappa shape index (κ2) is 7.34. The van der Waals surface area contributed by atoms with Crippen LogP contribution in [-0.4, -0.2) is 40.3 Å². The third-order valence-electron chi connectivity index (χ3n) is 2.57. The van der Waals surface area contributed by atoms with Crippen molar-refractivity contribution in [3.05, 3.63) is 18.0 Å². The Balaban J connectivity index is 2.22. The van der Waals surface area contributed by atoms with E-state index < -0.39 is 6.04 Å². The van der Waals surface area contributed by atoms with Gasteiger partial charge in [0.05, 0.1) is 6.04 Å². The van der Waals surface area contributed by atoms with Crippen LogP contribution in [0.5, 0.6) is 0 Å². The molecule has 1 rings (SSSR count). The van der Waals surface area contributed by atoms with E-state index in [1.54, 1.807) is 22.6 Å². The van der Waals surface area contributed by atoms with Crippen molar-refractivity contribution < 1.29 is 4.79 Å². The van der Waals surface area contributed by atoms with Crippen LogP contribution in [0.3, 0.4) is 0 Å². The lowest BCUT2D eigenvalue weighted by molar-refractivity contribution is -0.122. The van der Waals surface area contributed by atoms with Crippen molar-refractivity contribution in [2.24, 2.45) is 12.8 Å². The summed E-state index contributed by atoms with van der Waals surface area (Å²) in [5, 5.41) is 6.91. The number of nitrogens with one attached hydrogen (secondary N) is 1. The minimum absolute atomic E-state index is 0.0683. The van der Waals surface area contributed by atoms with Crippen molar-refractivity contribution in [1.82, 2.24) is 15.1 Å². The molecule has 0 unspecified atom stereocenters. The topological polar surface area (TPSA) is 72.9 Å². The van der Waals surface area contributed by atoms with Gasteiger partial charge in [0.25, 0.3) is 0 Å². The number of nitrogens with two attached hydrogens (primary N) is 1. The molecule has 0 aliphatic carbocycles. The van der Waals surface area contributed by atoms with Crippen molar-refractivity contribution in [2.45, 2.75) is 18.9 Å². The quantitative estimate of drug-likeness (QED) is 0.729. The van der Waals surface area contributed by atoms with Crippen molar-refractivity contribution in [1.29, 1.82) is 0 Å². The van der Waals surface area contributed by atoms with Gasteiger partial charge in [-0.05, 0) is 24.5 Å². The van der Waals surface area contributed by atoms with Crippen LogP contribution in [0.2, 0.25) is 0 Å². The molecule has 5 nitrogen and oxygen atoms in total. The van der Waals surface area contributed by atoms with Gasteiger partial charge < -0.3 is 11.1 Å². The lowest BCUT2D eigenvalue weighted by Gasteiger charge is -2.11. The van der Waals surface area contributed by atoms with Gasteiger partial charge in [-0.2, -0.15) is 16.9 Å². The molecular formula is C11H20N4OS. The highest BCUT2D eigenvalue weighted by atomic mass is 32.2. The highest BCUT2D eigenvalue weighted by Gasteiger charge is 2.12. The number of carbonyl (C=O) groups excluding carboxylic acids is 1. The second-order valence-electron chi connectivity index (χ2n) is 3.88. The Morgan fingerprint density at radius 2 is 2.47 bits per heavy atom. The van der Waals surface area contributed by atoms with Crippen LogP contribution in [0.4, 0.5) is 0 Å². The van der Waals surface area contributed by atoms with E-state index >= 15 is 0 Å². The fourth-order valence-electron chi connectivity index (χ4n) is 1.47. The van der Waals surface area contributed by atoms with E-state index in [-0.39, 0.29) is 5.91 Å². The maximum atomic E-state index is 11.6. The van der Waals surface area contributed by atoms with E-state index in [1.807, 2.05) is 19.4 Å². The summed E-state index contributed by atoms with van der Waals surface area (Å²) in [7, 11) is 1.89. The van der Waals surface area contributed by atoms with Gasteiger partial charge in [-0.1, -0.05) is 0 Å². The largest absolute Gasteiger partial charge is 0.354 e. The number of rotatable bonds is 7. The number of aromatic nitrogens is 2. The lowest BCUT2D eigenvalue weighted by Crippen LogP contribution is -2.41. The molecule has 0 saturated heterocycles. The predicted molar refractivity (Wildman–Crippen MR) is 70.9 cm³/mol. The van der Waals surface area contributed by atoms with Crippen LogP contribution in [0, 0.1) is 0 Å². The first-order chi connectivity index (χ1) is 8.15. The molecule has 17 heavy (non-hydrogen) atoms. The Labute approximate surface area is 106 Å². The van der Waals surface area contributed by atoms with Crippen LogP contribution >= 0.6 is 11.8 Å². The van der Waals surface area contributed by atoms with Crippen LogP contribution in [-0.2, 0) is 18.3 Å². The summed E-state index contributed by atoms with van der Waals surface area (Å²) in [4.78, 5) is 11.6. The highest BCUT2D eigenvalue weighted by molar-refractivity contribution is 7.98. The Morgan fingerprint density at radius 3 is 3.06 bits per heavy atom. The van der Waals surface area contributed by atoms with E-state index in [2.05, 4.69) is 10.4 Å². The summed E-state index contributed by atoms with van der Waals surface area (Å²) in [5.74, 6) is 0.845. The summed E-state index contributed by atoms with van der Waals surface area (Å²) in [6.07, 6.45) is 5.25. The zero-order chi connectivity index (χ0) is 12.7. The normalized spacial score (nSPS) is 12.4. The van der Waals surface area contributed by atoms with Gasteiger partial charge in [0.1, 0.15) is 0 Å². The summed E-state index contributed by atoms with van der Waals surface area (Å²) >= 11 is 1.70. The molecule has 1 heterocycles. The molecule has 0 saturated carbocycles. The SMILES string of the molecule is CSCC[C@H](N)C(=O)NCCc1ccnn1C. The standard InChI is InChI=1S/C11H20N4OS/c1-15-9(4-7-14-15)3-6-13-11(16)10(12)5-8-17-2/h4,7,10H,3,5-6,8,12H2,1-2H3,(H,13,16)/t10-/m0/s1. The van der Waals surface area contributed by atoms with Gasteiger partial charge in [0.15, 0.2) is 0 Å². The van der Waals surface area contributed by atoms with Gasteiger partial charge in [-0.25, -0.2) is 0 Å². The number of aryl methyl sites for hydroxylation is 1. The molecule has 0 aliphatic rings.